The Morgan fingerprint density at radius 2 is 2.12 bits per heavy atom. The second kappa shape index (κ2) is 4.22. The first kappa shape index (κ1) is 10.9. The van der Waals surface area contributed by atoms with E-state index in [4.69, 9.17) is 10.5 Å². The number of ether oxygens (including phenoxy) is 1. The van der Waals surface area contributed by atoms with Crippen molar-refractivity contribution in [3.63, 3.8) is 0 Å². The predicted octanol–water partition coefficient (Wildman–Crippen LogP) is 2.19. The molecule has 1 heterocycles. The third-order valence-electron chi connectivity index (χ3n) is 4.07. The van der Waals surface area contributed by atoms with Gasteiger partial charge in [0.2, 0.25) is 0 Å². The number of benzene rings is 1. The minimum Gasteiger partial charge on any atom is -0.496 e. The average molecular weight is 232 g/mol. The van der Waals surface area contributed by atoms with Crippen molar-refractivity contribution < 1.29 is 4.74 Å². The summed E-state index contributed by atoms with van der Waals surface area (Å²) in [6.07, 6.45) is 5.99. The molecule has 1 fully saturated rings. The molecule has 2 aliphatic rings. The SMILES string of the molecule is COc1cc(N)c([C@H]2CCCN2)c2c1CCC2. The lowest BCUT2D eigenvalue weighted by Gasteiger charge is -2.20. The maximum absolute atomic E-state index is 6.23. The quantitative estimate of drug-likeness (QED) is 0.768. The van der Waals surface area contributed by atoms with Crippen LogP contribution in [0.3, 0.4) is 0 Å². The summed E-state index contributed by atoms with van der Waals surface area (Å²) in [7, 11) is 1.74. The first-order valence-corrected chi connectivity index (χ1v) is 6.52. The predicted molar refractivity (Wildman–Crippen MR) is 69.4 cm³/mol. The molecule has 0 radical (unpaired) electrons. The summed E-state index contributed by atoms with van der Waals surface area (Å²) in [5.41, 5.74) is 11.3. The molecule has 1 saturated heterocycles. The summed E-state index contributed by atoms with van der Waals surface area (Å²) in [4.78, 5) is 0. The zero-order chi connectivity index (χ0) is 11.8. The maximum Gasteiger partial charge on any atom is 0.124 e. The summed E-state index contributed by atoms with van der Waals surface area (Å²) >= 11 is 0. The van der Waals surface area contributed by atoms with Gasteiger partial charge in [-0.25, -0.2) is 0 Å². The molecule has 0 spiro atoms. The highest BCUT2D eigenvalue weighted by atomic mass is 16.5. The third kappa shape index (κ3) is 1.69. The molecule has 17 heavy (non-hydrogen) atoms. The monoisotopic (exact) mass is 232 g/mol. The Morgan fingerprint density at radius 3 is 2.82 bits per heavy atom. The van der Waals surface area contributed by atoms with Crippen LogP contribution in [-0.4, -0.2) is 13.7 Å². The van der Waals surface area contributed by atoms with E-state index in [0.29, 0.717) is 6.04 Å². The van der Waals surface area contributed by atoms with Gasteiger partial charge < -0.3 is 15.8 Å². The lowest BCUT2D eigenvalue weighted by Crippen LogP contribution is -2.17. The van der Waals surface area contributed by atoms with Crippen molar-refractivity contribution in [1.29, 1.82) is 0 Å². The molecule has 3 heteroatoms. The van der Waals surface area contributed by atoms with Gasteiger partial charge in [-0.2, -0.15) is 0 Å². The second-order valence-electron chi connectivity index (χ2n) is 5.04. The molecule has 92 valence electrons. The van der Waals surface area contributed by atoms with Crippen molar-refractivity contribution in [3.05, 3.63) is 22.8 Å². The fourth-order valence-electron chi connectivity index (χ4n) is 3.32. The number of methoxy groups -OCH3 is 1. The van der Waals surface area contributed by atoms with Crippen LogP contribution in [0.15, 0.2) is 6.07 Å². The molecule has 0 bridgehead atoms. The van der Waals surface area contributed by atoms with E-state index >= 15 is 0 Å². The first-order chi connectivity index (χ1) is 8.31. The molecule has 1 aliphatic heterocycles. The van der Waals surface area contributed by atoms with Crippen LogP contribution in [0, 0.1) is 0 Å². The topological polar surface area (TPSA) is 47.3 Å². The number of hydrogen-bond acceptors (Lipinski definition) is 3. The second-order valence-corrected chi connectivity index (χ2v) is 5.04. The molecule has 3 rings (SSSR count). The lowest BCUT2D eigenvalue weighted by molar-refractivity contribution is 0.410. The number of hydrogen-bond donors (Lipinski definition) is 2. The van der Waals surface area contributed by atoms with Crippen molar-refractivity contribution in [2.45, 2.75) is 38.1 Å². The summed E-state index contributed by atoms with van der Waals surface area (Å²) in [5, 5.41) is 3.56. The molecule has 1 aliphatic carbocycles. The van der Waals surface area contributed by atoms with Crippen LogP contribution >= 0.6 is 0 Å². The standard InChI is InChI=1S/C14H20N2O/c1-17-13-8-11(15)14(12-6-3-7-16-12)10-5-2-4-9(10)13/h8,12,16H,2-7,15H2,1H3/t12-/m1/s1. The Hall–Kier alpha value is -1.22. The zero-order valence-corrected chi connectivity index (χ0v) is 10.4. The van der Waals surface area contributed by atoms with Crippen molar-refractivity contribution in [1.82, 2.24) is 5.32 Å². The summed E-state index contributed by atoms with van der Waals surface area (Å²) < 4.78 is 5.46. The Bertz CT molecular complexity index is 436. The van der Waals surface area contributed by atoms with E-state index in [-0.39, 0.29) is 0 Å². The fraction of sp³-hybridized carbons (Fsp3) is 0.571. The van der Waals surface area contributed by atoms with Gasteiger partial charge in [0, 0.05) is 17.8 Å². The number of nitrogens with two attached hydrogens (primary N) is 1. The highest BCUT2D eigenvalue weighted by Crippen LogP contribution is 2.41. The van der Waals surface area contributed by atoms with E-state index in [1.54, 1.807) is 7.11 Å². The molecular weight excluding hydrogens is 212 g/mol. The highest BCUT2D eigenvalue weighted by molar-refractivity contribution is 5.62. The van der Waals surface area contributed by atoms with Gasteiger partial charge in [-0.1, -0.05) is 0 Å². The van der Waals surface area contributed by atoms with Gasteiger partial charge in [0.15, 0.2) is 0 Å². The van der Waals surface area contributed by atoms with E-state index in [1.807, 2.05) is 6.07 Å². The molecule has 0 unspecified atom stereocenters. The summed E-state index contributed by atoms with van der Waals surface area (Å²) in [6, 6.07) is 2.48. The van der Waals surface area contributed by atoms with Crippen LogP contribution in [0.25, 0.3) is 0 Å². The van der Waals surface area contributed by atoms with E-state index < -0.39 is 0 Å². The third-order valence-corrected chi connectivity index (χ3v) is 4.07. The van der Waals surface area contributed by atoms with Crippen LogP contribution < -0.4 is 15.8 Å². The molecule has 1 aromatic rings. The lowest BCUT2D eigenvalue weighted by atomic mass is 9.94. The molecule has 0 aromatic heterocycles. The van der Waals surface area contributed by atoms with E-state index in [1.165, 1.54) is 36.0 Å². The fourth-order valence-corrected chi connectivity index (χ4v) is 3.32. The van der Waals surface area contributed by atoms with E-state index in [0.717, 1.165) is 30.8 Å². The molecule has 3 N–H and O–H groups in total. The van der Waals surface area contributed by atoms with Gasteiger partial charge in [0.1, 0.15) is 5.75 Å². The van der Waals surface area contributed by atoms with E-state index in [9.17, 15) is 0 Å². The number of rotatable bonds is 2. The average Bonchev–Trinajstić information content (AvgIpc) is 2.97. The van der Waals surface area contributed by atoms with Crippen LogP contribution in [0.1, 0.15) is 42.0 Å². The first-order valence-electron chi connectivity index (χ1n) is 6.52. The smallest absolute Gasteiger partial charge is 0.124 e. The van der Waals surface area contributed by atoms with Gasteiger partial charge in [0.25, 0.3) is 0 Å². The molecule has 3 nitrogen and oxygen atoms in total. The minimum absolute atomic E-state index is 0.466. The largest absolute Gasteiger partial charge is 0.496 e. The maximum atomic E-state index is 6.23. The minimum atomic E-state index is 0.466. The Balaban J connectivity index is 2.11. The van der Waals surface area contributed by atoms with Crippen LogP contribution in [0.5, 0.6) is 5.75 Å². The molecule has 0 saturated carbocycles. The Morgan fingerprint density at radius 1 is 1.29 bits per heavy atom. The van der Waals surface area contributed by atoms with Gasteiger partial charge in [-0.05, 0) is 55.3 Å². The van der Waals surface area contributed by atoms with Crippen LogP contribution in [0.4, 0.5) is 5.69 Å². The highest BCUT2D eigenvalue weighted by Gasteiger charge is 2.27. The zero-order valence-electron chi connectivity index (χ0n) is 10.4. The van der Waals surface area contributed by atoms with Crippen molar-refractivity contribution in [2.75, 3.05) is 19.4 Å². The van der Waals surface area contributed by atoms with Crippen molar-refractivity contribution >= 4 is 5.69 Å². The number of nitrogen functional groups attached to an aromatic ring is 1. The van der Waals surface area contributed by atoms with E-state index in [2.05, 4.69) is 5.32 Å². The molecule has 0 amide bonds. The summed E-state index contributed by atoms with van der Waals surface area (Å²) in [6.45, 7) is 1.12. The Labute approximate surface area is 102 Å². The van der Waals surface area contributed by atoms with Crippen molar-refractivity contribution in [3.8, 4) is 5.75 Å². The molecule has 1 atom stereocenters. The normalized spacial score (nSPS) is 22.8. The van der Waals surface area contributed by atoms with Gasteiger partial charge >= 0.3 is 0 Å². The molecule has 1 aromatic carbocycles. The summed E-state index contributed by atoms with van der Waals surface area (Å²) in [5.74, 6) is 0.983. The number of nitrogens with one attached hydrogen (secondary N) is 1. The number of anilines is 1. The van der Waals surface area contributed by atoms with Gasteiger partial charge in [0.05, 0.1) is 7.11 Å². The van der Waals surface area contributed by atoms with Gasteiger partial charge in [-0.3, -0.25) is 0 Å². The van der Waals surface area contributed by atoms with Crippen LogP contribution in [0.2, 0.25) is 0 Å². The van der Waals surface area contributed by atoms with Crippen LogP contribution in [-0.2, 0) is 12.8 Å². The molecular formula is C14H20N2O. The Kier molecular flexibility index (Phi) is 2.71. The van der Waals surface area contributed by atoms with Gasteiger partial charge in [-0.15, -0.1) is 0 Å². The van der Waals surface area contributed by atoms with Crippen molar-refractivity contribution in [2.24, 2.45) is 0 Å². The number of fused-ring (bicyclic) bond motifs is 1.